The SMILES string of the molecule is CCn1ccc(C(=O)N2CC[C@H](n3c(C4CCCC4)nc4cccnc43)C2)n1. The van der Waals surface area contributed by atoms with Crippen LogP contribution in [-0.4, -0.2) is 48.2 Å². The van der Waals surface area contributed by atoms with Crippen molar-refractivity contribution in [2.75, 3.05) is 13.1 Å². The highest BCUT2D eigenvalue weighted by Crippen LogP contribution is 2.38. The van der Waals surface area contributed by atoms with E-state index in [-0.39, 0.29) is 11.9 Å². The second-order valence-electron chi connectivity index (χ2n) is 7.92. The van der Waals surface area contributed by atoms with Crippen LogP contribution in [0.25, 0.3) is 11.2 Å². The average Bonchev–Trinajstić information content (AvgIpc) is 3.52. The molecule has 4 heterocycles. The minimum Gasteiger partial charge on any atom is -0.335 e. The number of carbonyl (C=O) groups is 1. The molecule has 5 rings (SSSR count). The Hall–Kier alpha value is -2.70. The second-order valence-corrected chi connectivity index (χ2v) is 7.92. The van der Waals surface area contributed by atoms with Crippen molar-refractivity contribution < 1.29 is 4.79 Å². The van der Waals surface area contributed by atoms with Gasteiger partial charge in [0.2, 0.25) is 0 Å². The summed E-state index contributed by atoms with van der Waals surface area (Å²) in [6, 6.07) is 6.05. The van der Waals surface area contributed by atoms with E-state index in [1.54, 1.807) is 4.68 Å². The third-order valence-corrected chi connectivity index (χ3v) is 6.20. The largest absolute Gasteiger partial charge is 0.335 e. The van der Waals surface area contributed by atoms with E-state index in [0.29, 0.717) is 18.2 Å². The maximum Gasteiger partial charge on any atom is 0.274 e. The molecule has 2 aliphatic rings. The molecule has 0 radical (unpaired) electrons. The highest BCUT2D eigenvalue weighted by atomic mass is 16.2. The van der Waals surface area contributed by atoms with Crippen LogP contribution in [0.3, 0.4) is 0 Å². The first kappa shape index (κ1) is 17.4. The number of aryl methyl sites for hydroxylation is 1. The van der Waals surface area contributed by atoms with E-state index in [1.165, 1.54) is 31.5 Å². The molecule has 3 aromatic heterocycles. The average molecular weight is 378 g/mol. The molecule has 1 amide bonds. The summed E-state index contributed by atoms with van der Waals surface area (Å²) in [4.78, 5) is 24.4. The van der Waals surface area contributed by atoms with Crippen molar-refractivity contribution in [3.63, 3.8) is 0 Å². The first-order valence-electron chi connectivity index (χ1n) is 10.4. The van der Waals surface area contributed by atoms with Crippen molar-refractivity contribution >= 4 is 17.1 Å². The molecule has 7 heteroatoms. The lowest BCUT2D eigenvalue weighted by Gasteiger charge is -2.20. The fourth-order valence-electron chi connectivity index (χ4n) is 4.73. The summed E-state index contributed by atoms with van der Waals surface area (Å²) in [7, 11) is 0. The molecule has 0 unspecified atom stereocenters. The van der Waals surface area contributed by atoms with Crippen LogP contribution < -0.4 is 0 Å². The van der Waals surface area contributed by atoms with Crippen molar-refractivity contribution in [1.29, 1.82) is 0 Å². The molecule has 146 valence electrons. The van der Waals surface area contributed by atoms with Crippen LogP contribution >= 0.6 is 0 Å². The number of carbonyl (C=O) groups excluding carboxylic acids is 1. The zero-order valence-corrected chi connectivity index (χ0v) is 16.3. The van der Waals surface area contributed by atoms with Crippen molar-refractivity contribution in [1.82, 2.24) is 29.2 Å². The Kier molecular flexibility index (Phi) is 4.37. The predicted molar refractivity (Wildman–Crippen MR) is 106 cm³/mol. The maximum atomic E-state index is 12.9. The molecule has 1 aliphatic carbocycles. The van der Waals surface area contributed by atoms with Crippen molar-refractivity contribution in [2.24, 2.45) is 0 Å². The van der Waals surface area contributed by atoms with E-state index in [0.717, 1.165) is 30.7 Å². The molecule has 0 bridgehead atoms. The Labute approximate surface area is 164 Å². The molecule has 7 nitrogen and oxygen atoms in total. The van der Waals surface area contributed by atoms with Crippen molar-refractivity contribution in [3.05, 3.63) is 42.1 Å². The number of imidazole rings is 1. The number of hydrogen-bond donors (Lipinski definition) is 0. The van der Waals surface area contributed by atoms with Crippen LogP contribution in [0.15, 0.2) is 30.6 Å². The fraction of sp³-hybridized carbons (Fsp3) is 0.524. The third kappa shape index (κ3) is 2.89. The molecule has 28 heavy (non-hydrogen) atoms. The van der Waals surface area contributed by atoms with Gasteiger partial charge >= 0.3 is 0 Å². The Bertz CT molecular complexity index is 999. The number of hydrogen-bond acceptors (Lipinski definition) is 4. The third-order valence-electron chi connectivity index (χ3n) is 6.20. The zero-order chi connectivity index (χ0) is 19.1. The molecular formula is C21H26N6O. The van der Waals surface area contributed by atoms with Gasteiger partial charge in [-0.05, 0) is 44.4 Å². The summed E-state index contributed by atoms with van der Waals surface area (Å²) in [6.45, 7) is 4.24. The van der Waals surface area contributed by atoms with Gasteiger partial charge in [0.15, 0.2) is 5.65 Å². The monoisotopic (exact) mass is 378 g/mol. The Morgan fingerprint density at radius 1 is 1.21 bits per heavy atom. The van der Waals surface area contributed by atoms with E-state index < -0.39 is 0 Å². The quantitative estimate of drug-likeness (QED) is 0.698. The molecule has 1 aliphatic heterocycles. The molecule has 1 saturated heterocycles. The van der Waals surface area contributed by atoms with Gasteiger partial charge in [-0.1, -0.05) is 12.8 Å². The zero-order valence-electron chi connectivity index (χ0n) is 16.3. The van der Waals surface area contributed by atoms with Gasteiger partial charge in [-0.3, -0.25) is 9.48 Å². The second kappa shape index (κ2) is 7.04. The predicted octanol–water partition coefficient (Wildman–Crippen LogP) is 3.39. The summed E-state index contributed by atoms with van der Waals surface area (Å²) in [6.07, 6.45) is 9.59. The van der Waals surface area contributed by atoms with E-state index in [4.69, 9.17) is 4.98 Å². The molecule has 1 saturated carbocycles. The van der Waals surface area contributed by atoms with Crippen LogP contribution in [0.4, 0.5) is 0 Å². The van der Waals surface area contributed by atoms with Gasteiger partial charge in [-0.25, -0.2) is 9.97 Å². The van der Waals surface area contributed by atoms with Crippen molar-refractivity contribution in [3.8, 4) is 0 Å². The van der Waals surface area contributed by atoms with E-state index in [1.807, 2.05) is 42.4 Å². The van der Waals surface area contributed by atoms with Crippen LogP contribution in [0, 0.1) is 0 Å². The number of aromatic nitrogens is 5. The van der Waals surface area contributed by atoms with Crippen LogP contribution in [0.2, 0.25) is 0 Å². The van der Waals surface area contributed by atoms with Gasteiger partial charge in [0.1, 0.15) is 17.0 Å². The molecular weight excluding hydrogens is 352 g/mol. The Morgan fingerprint density at radius 2 is 2.07 bits per heavy atom. The highest BCUT2D eigenvalue weighted by molar-refractivity contribution is 5.92. The molecule has 0 aromatic carbocycles. The van der Waals surface area contributed by atoms with Gasteiger partial charge in [-0.15, -0.1) is 0 Å². The minimum absolute atomic E-state index is 0.0227. The van der Waals surface area contributed by atoms with E-state index in [9.17, 15) is 4.79 Å². The number of fused-ring (bicyclic) bond motifs is 1. The normalized spacial score (nSPS) is 20.5. The number of amides is 1. The lowest BCUT2D eigenvalue weighted by molar-refractivity contribution is 0.0781. The summed E-state index contributed by atoms with van der Waals surface area (Å²) >= 11 is 0. The van der Waals surface area contributed by atoms with E-state index in [2.05, 4.69) is 14.6 Å². The minimum atomic E-state index is 0.0227. The number of rotatable bonds is 4. The molecule has 0 N–H and O–H groups in total. The summed E-state index contributed by atoms with van der Waals surface area (Å²) in [5, 5.41) is 4.39. The number of nitrogens with zero attached hydrogens (tertiary/aromatic N) is 6. The summed E-state index contributed by atoms with van der Waals surface area (Å²) < 4.78 is 4.13. The lowest BCUT2D eigenvalue weighted by Crippen LogP contribution is -2.30. The first-order valence-corrected chi connectivity index (χ1v) is 10.4. The van der Waals surface area contributed by atoms with Gasteiger partial charge in [0.25, 0.3) is 5.91 Å². The summed E-state index contributed by atoms with van der Waals surface area (Å²) in [5.74, 6) is 1.70. The lowest BCUT2D eigenvalue weighted by atomic mass is 10.1. The number of pyridine rings is 1. The highest BCUT2D eigenvalue weighted by Gasteiger charge is 2.33. The Balaban J connectivity index is 1.44. The summed E-state index contributed by atoms with van der Waals surface area (Å²) in [5.41, 5.74) is 2.46. The van der Waals surface area contributed by atoms with Crippen LogP contribution in [0.5, 0.6) is 0 Å². The molecule has 1 atom stereocenters. The maximum absolute atomic E-state index is 12.9. The van der Waals surface area contributed by atoms with Crippen molar-refractivity contribution in [2.45, 2.75) is 57.5 Å². The van der Waals surface area contributed by atoms with Crippen LogP contribution in [-0.2, 0) is 6.54 Å². The van der Waals surface area contributed by atoms with Gasteiger partial charge in [0, 0.05) is 37.9 Å². The fourth-order valence-corrected chi connectivity index (χ4v) is 4.73. The topological polar surface area (TPSA) is 68.8 Å². The smallest absolute Gasteiger partial charge is 0.274 e. The first-order chi connectivity index (χ1) is 13.7. The van der Waals surface area contributed by atoms with Gasteiger partial charge < -0.3 is 9.47 Å². The molecule has 2 fully saturated rings. The molecule has 3 aromatic rings. The standard InChI is InChI=1S/C21H26N6O/c1-2-26-13-10-18(24-26)21(28)25-12-9-16(14-25)27-19(15-6-3-4-7-15)23-17-8-5-11-22-20(17)27/h5,8,10-11,13,15-16H,2-4,6-7,9,12,14H2,1H3/t16-/m0/s1. The Morgan fingerprint density at radius 3 is 2.86 bits per heavy atom. The number of likely N-dealkylation sites (tertiary alicyclic amines) is 1. The molecule has 0 spiro atoms. The van der Waals surface area contributed by atoms with Gasteiger partial charge in [0.05, 0.1) is 6.04 Å². The van der Waals surface area contributed by atoms with E-state index >= 15 is 0 Å². The van der Waals surface area contributed by atoms with Crippen LogP contribution in [0.1, 0.15) is 67.3 Å². The van der Waals surface area contributed by atoms with Gasteiger partial charge in [-0.2, -0.15) is 5.10 Å².